The Morgan fingerprint density at radius 2 is 1.88 bits per heavy atom. The van der Waals surface area contributed by atoms with Crippen LogP contribution in [0.4, 0.5) is 4.39 Å². The van der Waals surface area contributed by atoms with Gasteiger partial charge in [0.1, 0.15) is 0 Å². The van der Waals surface area contributed by atoms with Gasteiger partial charge in [-0.1, -0.05) is 13.8 Å². The average Bonchev–Trinajstić information content (AvgIpc) is 2.11. The molecule has 0 aromatic carbocycles. The predicted octanol–water partition coefficient (Wildman–Crippen LogP) is 1.24. The quantitative estimate of drug-likeness (QED) is 0.684. The molecule has 0 radical (unpaired) electrons. The monoisotopic (exact) mass is 268 g/mol. The first-order valence-electron chi connectivity index (χ1n) is 5.97. The van der Waals surface area contributed by atoms with Crippen LogP contribution in [0.2, 0.25) is 0 Å². The number of nitrogens with one attached hydrogen (secondary N) is 1. The fourth-order valence-corrected chi connectivity index (χ4v) is 3.01. The molecule has 0 amide bonds. The van der Waals surface area contributed by atoms with Crippen LogP contribution in [0.3, 0.4) is 0 Å². The van der Waals surface area contributed by atoms with E-state index in [9.17, 15) is 12.8 Å². The Labute approximate surface area is 105 Å². The second-order valence-electron chi connectivity index (χ2n) is 5.07. The summed E-state index contributed by atoms with van der Waals surface area (Å²) in [5.74, 6) is 0.287. The van der Waals surface area contributed by atoms with Crippen molar-refractivity contribution in [3.8, 4) is 0 Å². The van der Waals surface area contributed by atoms with E-state index in [1.54, 1.807) is 0 Å². The molecule has 0 aliphatic rings. The van der Waals surface area contributed by atoms with Crippen LogP contribution in [0, 0.1) is 5.92 Å². The largest absolute Gasteiger partial charge is 0.308 e. The molecule has 0 rings (SSSR count). The van der Waals surface area contributed by atoms with E-state index < -0.39 is 16.7 Å². The fourth-order valence-electron chi connectivity index (χ4n) is 1.73. The van der Waals surface area contributed by atoms with E-state index in [1.165, 1.54) is 0 Å². The van der Waals surface area contributed by atoms with Crippen LogP contribution < -0.4 is 4.72 Å². The lowest BCUT2D eigenvalue weighted by molar-refractivity contribution is 0.329. The molecule has 0 spiro atoms. The molecular weight excluding hydrogens is 243 g/mol. The van der Waals surface area contributed by atoms with Crippen molar-refractivity contribution in [2.75, 3.05) is 33.1 Å². The fraction of sp³-hybridized carbons (Fsp3) is 1.00. The van der Waals surface area contributed by atoms with E-state index in [2.05, 4.69) is 18.6 Å². The smallest absolute Gasteiger partial charge is 0.211 e. The number of sulfonamides is 1. The summed E-state index contributed by atoms with van der Waals surface area (Å²) in [4.78, 5) is 1.95. The highest BCUT2D eigenvalue weighted by molar-refractivity contribution is 7.89. The molecule has 1 unspecified atom stereocenters. The van der Waals surface area contributed by atoms with E-state index in [-0.39, 0.29) is 18.2 Å². The third-order valence-electron chi connectivity index (χ3n) is 2.23. The van der Waals surface area contributed by atoms with Gasteiger partial charge in [0.2, 0.25) is 10.0 Å². The van der Waals surface area contributed by atoms with Crippen LogP contribution in [0.25, 0.3) is 0 Å². The van der Waals surface area contributed by atoms with E-state index in [0.717, 1.165) is 6.42 Å². The maximum absolute atomic E-state index is 12.0. The Morgan fingerprint density at radius 3 is 2.29 bits per heavy atom. The third kappa shape index (κ3) is 9.50. The number of hydrogen-bond acceptors (Lipinski definition) is 3. The molecule has 0 aliphatic carbocycles. The van der Waals surface area contributed by atoms with Gasteiger partial charge in [0.05, 0.1) is 12.4 Å². The molecule has 1 N–H and O–H groups in total. The maximum Gasteiger partial charge on any atom is 0.211 e. The minimum atomic E-state index is -3.35. The summed E-state index contributed by atoms with van der Waals surface area (Å²) >= 11 is 0. The summed E-state index contributed by atoms with van der Waals surface area (Å²) in [6, 6.07) is -0.102. The van der Waals surface area contributed by atoms with E-state index in [1.807, 2.05) is 19.0 Å². The normalized spacial score (nSPS) is 14.5. The van der Waals surface area contributed by atoms with Crippen molar-refractivity contribution in [3.05, 3.63) is 0 Å². The van der Waals surface area contributed by atoms with Gasteiger partial charge in [-0.2, -0.15) is 0 Å². The molecule has 0 aromatic heterocycles. The summed E-state index contributed by atoms with van der Waals surface area (Å²) in [5.41, 5.74) is 0. The zero-order chi connectivity index (χ0) is 13.5. The van der Waals surface area contributed by atoms with Gasteiger partial charge in [-0.25, -0.2) is 13.1 Å². The lowest BCUT2D eigenvalue weighted by atomic mass is 10.0. The number of likely N-dealkylation sites (N-methyl/N-ethyl adjacent to an activating group) is 1. The van der Waals surface area contributed by atoms with Crippen LogP contribution in [-0.4, -0.2) is 52.4 Å². The van der Waals surface area contributed by atoms with Gasteiger partial charge in [-0.15, -0.1) is 0 Å². The van der Waals surface area contributed by atoms with Crippen molar-refractivity contribution in [2.45, 2.75) is 32.7 Å². The van der Waals surface area contributed by atoms with Crippen LogP contribution in [0.5, 0.6) is 0 Å². The van der Waals surface area contributed by atoms with Gasteiger partial charge in [-0.3, -0.25) is 4.39 Å². The molecule has 0 fully saturated rings. The Morgan fingerprint density at radius 1 is 1.29 bits per heavy atom. The second-order valence-corrected chi connectivity index (χ2v) is 6.94. The molecule has 0 aliphatic heterocycles. The maximum atomic E-state index is 12.0. The highest BCUT2D eigenvalue weighted by Crippen LogP contribution is 2.07. The lowest BCUT2D eigenvalue weighted by Crippen LogP contribution is -2.43. The van der Waals surface area contributed by atoms with Crippen LogP contribution in [0.1, 0.15) is 26.7 Å². The predicted molar refractivity (Wildman–Crippen MR) is 69.3 cm³/mol. The summed E-state index contributed by atoms with van der Waals surface area (Å²) in [6.07, 6.45) is 0.846. The zero-order valence-electron chi connectivity index (χ0n) is 11.2. The first-order chi connectivity index (χ1) is 7.76. The first-order valence-corrected chi connectivity index (χ1v) is 7.62. The molecule has 17 heavy (non-hydrogen) atoms. The van der Waals surface area contributed by atoms with Gasteiger partial charge < -0.3 is 4.90 Å². The van der Waals surface area contributed by atoms with E-state index in [0.29, 0.717) is 12.5 Å². The van der Waals surface area contributed by atoms with Gasteiger partial charge in [0.25, 0.3) is 0 Å². The van der Waals surface area contributed by atoms with Crippen molar-refractivity contribution < 1.29 is 12.8 Å². The van der Waals surface area contributed by atoms with Crippen molar-refractivity contribution in [1.29, 1.82) is 0 Å². The average molecular weight is 268 g/mol. The van der Waals surface area contributed by atoms with Crippen LogP contribution >= 0.6 is 0 Å². The van der Waals surface area contributed by atoms with E-state index >= 15 is 0 Å². The molecule has 0 heterocycles. The van der Waals surface area contributed by atoms with Crippen molar-refractivity contribution in [2.24, 2.45) is 5.92 Å². The van der Waals surface area contributed by atoms with Gasteiger partial charge in [0, 0.05) is 12.6 Å². The second kappa shape index (κ2) is 8.00. The molecule has 4 nitrogen and oxygen atoms in total. The number of nitrogens with zero attached hydrogens (tertiary/aromatic N) is 1. The standard InChI is InChI=1S/C11H25FN2O2S/c1-10(2)8-11(9-14(3)4)13-17(15,16)7-5-6-12/h10-11,13H,5-9H2,1-4H3. The summed E-state index contributed by atoms with van der Waals surface area (Å²) in [5, 5.41) is 0. The number of halogens is 1. The first kappa shape index (κ1) is 16.8. The summed E-state index contributed by atoms with van der Waals surface area (Å²) in [6.45, 7) is 4.17. The summed E-state index contributed by atoms with van der Waals surface area (Å²) in [7, 11) is 0.461. The minimum Gasteiger partial charge on any atom is -0.308 e. The van der Waals surface area contributed by atoms with Crippen molar-refractivity contribution in [1.82, 2.24) is 9.62 Å². The molecule has 6 heteroatoms. The van der Waals surface area contributed by atoms with Crippen LogP contribution in [0.15, 0.2) is 0 Å². The lowest BCUT2D eigenvalue weighted by Gasteiger charge is -2.23. The highest BCUT2D eigenvalue weighted by atomic mass is 32.2. The Hall–Kier alpha value is -0.200. The number of hydrogen-bond donors (Lipinski definition) is 1. The van der Waals surface area contributed by atoms with Crippen molar-refractivity contribution >= 4 is 10.0 Å². The molecule has 0 bridgehead atoms. The Bertz CT molecular complexity index is 282. The number of alkyl halides is 1. The molecule has 104 valence electrons. The van der Waals surface area contributed by atoms with E-state index in [4.69, 9.17) is 0 Å². The van der Waals surface area contributed by atoms with Gasteiger partial charge in [-0.05, 0) is 32.9 Å². The topological polar surface area (TPSA) is 49.4 Å². The minimum absolute atomic E-state index is 0.0612. The SMILES string of the molecule is CC(C)CC(CN(C)C)NS(=O)(=O)CCCF. The number of rotatable bonds is 9. The molecule has 1 atom stereocenters. The molecule has 0 saturated heterocycles. The Kier molecular flexibility index (Phi) is 7.91. The highest BCUT2D eigenvalue weighted by Gasteiger charge is 2.19. The van der Waals surface area contributed by atoms with Gasteiger partial charge in [0.15, 0.2) is 0 Å². The Balaban J connectivity index is 4.40. The molecular formula is C11H25FN2O2S. The zero-order valence-corrected chi connectivity index (χ0v) is 12.1. The van der Waals surface area contributed by atoms with Crippen LogP contribution in [-0.2, 0) is 10.0 Å². The third-order valence-corrected chi connectivity index (χ3v) is 3.75. The molecule has 0 saturated carbocycles. The molecule has 0 aromatic rings. The summed E-state index contributed by atoms with van der Waals surface area (Å²) < 4.78 is 38.0. The van der Waals surface area contributed by atoms with Crippen molar-refractivity contribution in [3.63, 3.8) is 0 Å². The van der Waals surface area contributed by atoms with Gasteiger partial charge >= 0.3 is 0 Å².